The Morgan fingerprint density at radius 2 is 1.75 bits per heavy atom. The molecule has 0 radical (unpaired) electrons. The number of benzene rings is 1. The van der Waals surface area contributed by atoms with Crippen LogP contribution in [0, 0.1) is 19.7 Å². The summed E-state index contributed by atoms with van der Waals surface area (Å²) in [6.07, 6.45) is 1.13. The van der Waals surface area contributed by atoms with Crippen molar-refractivity contribution in [3.8, 4) is 0 Å². The number of alkyl halides is 1. The van der Waals surface area contributed by atoms with Crippen molar-refractivity contribution in [1.82, 2.24) is 0 Å². The van der Waals surface area contributed by atoms with E-state index in [9.17, 15) is 12.8 Å². The lowest BCUT2D eigenvalue weighted by Crippen LogP contribution is -2.09. The maximum Gasteiger partial charge on any atom is 0.149 e. The molecular weight excluding hydrogens is 251 g/mol. The Kier molecular flexibility index (Phi) is 3.97. The highest BCUT2D eigenvalue weighted by Gasteiger charge is 2.16. The maximum atomic E-state index is 13.4. The smallest absolute Gasteiger partial charge is 0.149 e. The average molecular weight is 265 g/mol. The summed E-state index contributed by atoms with van der Waals surface area (Å²) in [6, 6.07) is 3.18. The van der Waals surface area contributed by atoms with E-state index in [1.807, 2.05) is 0 Å². The van der Waals surface area contributed by atoms with E-state index in [0.29, 0.717) is 16.7 Å². The minimum Gasteiger partial charge on any atom is -0.229 e. The number of hydrogen-bond donors (Lipinski definition) is 0. The predicted molar refractivity (Wildman–Crippen MR) is 64.2 cm³/mol. The SMILES string of the molecule is Cc1cc(C(Cl)CS(C)(=O)=O)cc(C)c1F. The third kappa shape index (κ3) is 3.46. The van der Waals surface area contributed by atoms with Crippen LogP contribution in [-0.2, 0) is 9.84 Å². The lowest BCUT2D eigenvalue weighted by atomic mass is 10.0. The molecule has 2 nitrogen and oxygen atoms in total. The monoisotopic (exact) mass is 264 g/mol. The lowest BCUT2D eigenvalue weighted by molar-refractivity contribution is 0.600. The van der Waals surface area contributed by atoms with Crippen LogP contribution >= 0.6 is 11.6 Å². The Morgan fingerprint density at radius 1 is 1.31 bits per heavy atom. The molecule has 0 aliphatic heterocycles. The number of rotatable bonds is 3. The van der Waals surface area contributed by atoms with Crippen LogP contribution < -0.4 is 0 Å². The third-order valence-corrected chi connectivity index (χ3v) is 3.80. The predicted octanol–water partition coefficient (Wildman–Crippen LogP) is 2.77. The second kappa shape index (κ2) is 4.72. The fourth-order valence-electron chi connectivity index (χ4n) is 1.52. The van der Waals surface area contributed by atoms with Crippen molar-refractivity contribution in [3.05, 3.63) is 34.6 Å². The fraction of sp³-hybridized carbons (Fsp3) is 0.455. The van der Waals surface area contributed by atoms with Crippen LogP contribution in [0.15, 0.2) is 12.1 Å². The molecule has 0 amide bonds. The zero-order valence-electron chi connectivity index (χ0n) is 9.42. The second-order valence-corrected chi connectivity index (χ2v) is 6.74. The van der Waals surface area contributed by atoms with Crippen molar-refractivity contribution < 1.29 is 12.8 Å². The van der Waals surface area contributed by atoms with Crippen molar-refractivity contribution in [2.24, 2.45) is 0 Å². The normalized spacial score (nSPS) is 13.8. The maximum absolute atomic E-state index is 13.4. The zero-order valence-corrected chi connectivity index (χ0v) is 11.0. The van der Waals surface area contributed by atoms with Gasteiger partial charge in [-0.15, -0.1) is 11.6 Å². The first kappa shape index (κ1) is 13.5. The Bertz CT molecular complexity index is 474. The summed E-state index contributed by atoms with van der Waals surface area (Å²) in [5.41, 5.74) is 1.60. The summed E-state index contributed by atoms with van der Waals surface area (Å²) < 4.78 is 35.5. The number of aryl methyl sites for hydroxylation is 2. The van der Waals surface area contributed by atoms with E-state index in [-0.39, 0.29) is 11.6 Å². The van der Waals surface area contributed by atoms with Crippen molar-refractivity contribution in [2.75, 3.05) is 12.0 Å². The quantitative estimate of drug-likeness (QED) is 0.787. The van der Waals surface area contributed by atoms with Gasteiger partial charge in [-0.1, -0.05) is 12.1 Å². The largest absolute Gasteiger partial charge is 0.229 e. The topological polar surface area (TPSA) is 34.1 Å². The van der Waals surface area contributed by atoms with Crippen LogP contribution in [0.4, 0.5) is 4.39 Å². The van der Waals surface area contributed by atoms with Gasteiger partial charge >= 0.3 is 0 Å². The Labute approximate surface area is 100 Å². The highest BCUT2D eigenvalue weighted by molar-refractivity contribution is 7.90. The molecular formula is C11H14ClFO2S. The summed E-state index contributed by atoms with van der Waals surface area (Å²) in [5.74, 6) is -0.411. The van der Waals surface area contributed by atoms with Gasteiger partial charge in [0.25, 0.3) is 0 Å². The summed E-state index contributed by atoms with van der Waals surface area (Å²) >= 11 is 5.99. The van der Waals surface area contributed by atoms with E-state index in [4.69, 9.17) is 11.6 Å². The minimum atomic E-state index is -3.13. The van der Waals surface area contributed by atoms with E-state index in [1.165, 1.54) is 0 Å². The minimum absolute atomic E-state index is 0.140. The van der Waals surface area contributed by atoms with Crippen LogP contribution in [0.25, 0.3) is 0 Å². The summed E-state index contributed by atoms with van der Waals surface area (Å²) in [6.45, 7) is 3.27. The van der Waals surface area contributed by atoms with Crippen LogP contribution in [0.5, 0.6) is 0 Å². The molecule has 0 bridgehead atoms. The van der Waals surface area contributed by atoms with Crippen LogP contribution in [-0.4, -0.2) is 20.4 Å². The third-order valence-electron chi connectivity index (χ3n) is 2.27. The van der Waals surface area contributed by atoms with Gasteiger partial charge in [-0.25, -0.2) is 12.8 Å². The zero-order chi connectivity index (χ0) is 12.5. The molecule has 1 atom stereocenters. The molecule has 16 heavy (non-hydrogen) atoms. The van der Waals surface area contributed by atoms with E-state index < -0.39 is 15.2 Å². The van der Waals surface area contributed by atoms with Crippen LogP contribution in [0.2, 0.25) is 0 Å². The molecule has 0 aliphatic rings. The first-order chi connectivity index (χ1) is 7.20. The molecule has 0 aliphatic carbocycles. The van der Waals surface area contributed by atoms with Gasteiger partial charge in [0, 0.05) is 6.26 Å². The van der Waals surface area contributed by atoms with Gasteiger partial charge in [0.1, 0.15) is 15.7 Å². The molecule has 0 heterocycles. The molecule has 0 N–H and O–H groups in total. The van der Waals surface area contributed by atoms with Gasteiger partial charge in [-0.3, -0.25) is 0 Å². The Balaban J connectivity index is 3.06. The van der Waals surface area contributed by atoms with Crippen molar-refractivity contribution in [1.29, 1.82) is 0 Å². The number of sulfone groups is 1. The lowest BCUT2D eigenvalue weighted by Gasteiger charge is -2.11. The molecule has 1 aromatic carbocycles. The van der Waals surface area contributed by atoms with Crippen LogP contribution in [0.3, 0.4) is 0 Å². The highest BCUT2D eigenvalue weighted by Crippen LogP contribution is 2.25. The van der Waals surface area contributed by atoms with Gasteiger partial charge < -0.3 is 0 Å². The molecule has 1 rings (SSSR count). The van der Waals surface area contributed by atoms with Crippen LogP contribution in [0.1, 0.15) is 22.1 Å². The van der Waals surface area contributed by atoms with E-state index >= 15 is 0 Å². The summed E-state index contributed by atoms with van der Waals surface area (Å²) in [4.78, 5) is 0. The molecule has 1 unspecified atom stereocenters. The fourth-order valence-corrected chi connectivity index (χ4v) is 3.06. The molecule has 0 fully saturated rings. The first-order valence-electron chi connectivity index (χ1n) is 4.79. The molecule has 5 heteroatoms. The molecule has 0 saturated heterocycles. The van der Waals surface area contributed by atoms with Gasteiger partial charge in [0.05, 0.1) is 11.1 Å². The van der Waals surface area contributed by atoms with E-state index in [2.05, 4.69) is 0 Å². The van der Waals surface area contributed by atoms with Crippen molar-refractivity contribution >= 4 is 21.4 Å². The van der Waals surface area contributed by atoms with Gasteiger partial charge in [0.15, 0.2) is 0 Å². The van der Waals surface area contributed by atoms with E-state index in [0.717, 1.165) is 6.26 Å². The first-order valence-corrected chi connectivity index (χ1v) is 7.29. The Morgan fingerprint density at radius 3 is 2.12 bits per heavy atom. The van der Waals surface area contributed by atoms with Gasteiger partial charge in [-0.2, -0.15) is 0 Å². The van der Waals surface area contributed by atoms with Gasteiger partial charge in [-0.05, 0) is 30.5 Å². The molecule has 0 aromatic heterocycles. The van der Waals surface area contributed by atoms with Gasteiger partial charge in [0.2, 0.25) is 0 Å². The summed E-state index contributed by atoms with van der Waals surface area (Å²) in [7, 11) is -3.13. The van der Waals surface area contributed by atoms with E-state index in [1.54, 1.807) is 26.0 Å². The number of hydrogen-bond acceptors (Lipinski definition) is 2. The van der Waals surface area contributed by atoms with Crippen molar-refractivity contribution in [3.63, 3.8) is 0 Å². The summed E-state index contributed by atoms with van der Waals surface area (Å²) in [5, 5.41) is -0.631. The van der Waals surface area contributed by atoms with Crippen molar-refractivity contribution in [2.45, 2.75) is 19.2 Å². The standard InChI is InChI=1S/C11H14ClFO2S/c1-7-4-9(5-8(2)11(7)13)10(12)6-16(3,14)15/h4-5,10H,6H2,1-3H3. The Hall–Kier alpha value is -0.610. The average Bonchev–Trinajstić information content (AvgIpc) is 2.10. The molecule has 0 spiro atoms. The molecule has 90 valence electrons. The highest BCUT2D eigenvalue weighted by atomic mass is 35.5. The second-order valence-electron chi connectivity index (χ2n) is 4.03. The number of halogens is 2. The molecule has 1 aromatic rings. The molecule has 0 saturated carbocycles.